The van der Waals surface area contributed by atoms with Crippen molar-refractivity contribution in [2.75, 3.05) is 6.61 Å². The molecule has 0 aliphatic heterocycles. The molecule has 0 heterocycles. The second-order valence-electron chi connectivity index (χ2n) is 9.19. The average molecular weight is 447 g/mol. The fraction of sp³-hybridized carbons (Fsp3) is 0.583. The number of carbonyl (C=O) groups excluding carboxylic acids is 4. The number of carbonyl (C=O) groups is 4. The maximum Gasteiger partial charge on any atom is 0.407 e. The molecule has 1 aliphatic carbocycles. The Hall–Kier alpha value is -2.90. The zero-order valence-corrected chi connectivity index (χ0v) is 19.3. The molecule has 1 aromatic rings. The van der Waals surface area contributed by atoms with Gasteiger partial charge in [-0.15, -0.1) is 0 Å². The minimum absolute atomic E-state index is 0.0482. The van der Waals surface area contributed by atoms with Crippen LogP contribution in [0.15, 0.2) is 30.3 Å². The van der Waals surface area contributed by atoms with Crippen molar-refractivity contribution in [3.8, 4) is 0 Å². The van der Waals surface area contributed by atoms with Crippen LogP contribution in [0.2, 0.25) is 0 Å². The van der Waals surface area contributed by atoms with Crippen LogP contribution in [-0.4, -0.2) is 48.0 Å². The quantitative estimate of drug-likeness (QED) is 0.506. The molecule has 0 bridgehead atoms. The lowest BCUT2D eigenvalue weighted by Gasteiger charge is -2.24. The molecule has 2 N–H and O–H groups in total. The summed E-state index contributed by atoms with van der Waals surface area (Å²) in [5.41, 5.74) is 0.404. The summed E-state index contributed by atoms with van der Waals surface area (Å²) in [6.07, 6.45) is 2.30. The number of hydrogen-bond acceptors (Lipinski definition) is 6. The van der Waals surface area contributed by atoms with E-state index >= 15 is 0 Å². The van der Waals surface area contributed by atoms with E-state index in [1.165, 1.54) is 6.92 Å². The molecule has 176 valence electrons. The molecule has 1 aromatic carbocycles. The molecular formula is C24H34N2O6. The van der Waals surface area contributed by atoms with E-state index in [2.05, 4.69) is 10.6 Å². The molecule has 0 saturated heterocycles. The van der Waals surface area contributed by atoms with Gasteiger partial charge < -0.3 is 20.1 Å². The van der Waals surface area contributed by atoms with Crippen LogP contribution in [0.5, 0.6) is 0 Å². The van der Waals surface area contributed by atoms with Crippen LogP contribution in [0.4, 0.5) is 4.79 Å². The summed E-state index contributed by atoms with van der Waals surface area (Å²) in [4.78, 5) is 48.6. The van der Waals surface area contributed by atoms with Gasteiger partial charge in [-0.2, -0.15) is 0 Å². The van der Waals surface area contributed by atoms with E-state index in [0.29, 0.717) is 12.8 Å². The number of ketones is 1. The van der Waals surface area contributed by atoms with Crippen LogP contribution in [0.25, 0.3) is 0 Å². The Balaban J connectivity index is 1.97. The lowest BCUT2D eigenvalue weighted by Crippen LogP contribution is -2.47. The SMILES string of the molecule is CC(=O)OCC(=O)[C@H](CCc1ccccc1)NC(=O)CC(NC(=O)OC(C)(C)C)C1CC1. The number of Topliss-reactive ketones (excluding diaryl/α,β-unsaturated/α-hetero) is 1. The van der Waals surface area contributed by atoms with Gasteiger partial charge in [-0.1, -0.05) is 30.3 Å². The van der Waals surface area contributed by atoms with Crippen molar-refractivity contribution < 1.29 is 28.7 Å². The topological polar surface area (TPSA) is 111 Å². The van der Waals surface area contributed by atoms with E-state index in [4.69, 9.17) is 9.47 Å². The summed E-state index contributed by atoms with van der Waals surface area (Å²) in [5.74, 6) is -1.05. The van der Waals surface area contributed by atoms with Gasteiger partial charge in [0, 0.05) is 19.4 Å². The highest BCUT2D eigenvalue weighted by Crippen LogP contribution is 2.34. The van der Waals surface area contributed by atoms with Crippen molar-refractivity contribution in [3.63, 3.8) is 0 Å². The summed E-state index contributed by atoms with van der Waals surface area (Å²) in [6, 6.07) is 8.47. The Kier molecular flexibility index (Phi) is 9.23. The third-order valence-corrected chi connectivity index (χ3v) is 5.00. The Morgan fingerprint density at radius 3 is 2.28 bits per heavy atom. The van der Waals surface area contributed by atoms with Crippen LogP contribution in [0.1, 0.15) is 58.9 Å². The van der Waals surface area contributed by atoms with Crippen molar-refractivity contribution in [2.24, 2.45) is 5.92 Å². The summed E-state index contributed by atoms with van der Waals surface area (Å²) in [6.45, 7) is 6.16. The minimum atomic E-state index is -0.788. The molecule has 2 amide bonds. The lowest BCUT2D eigenvalue weighted by atomic mass is 10.0. The van der Waals surface area contributed by atoms with E-state index in [9.17, 15) is 19.2 Å². The molecule has 1 saturated carbocycles. The summed E-state index contributed by atoms with van der Waals surface area (Å²) in [7, 11) is 0. The van der Waals surface area contributed by atoms with Crippen LogP contribution in [-0.2, 0) is 30.3 Å². The van der Waals surface area contributed by atoms with Gasteiger partial charge in [-0.05, 0) is 57.9 Å². The zero-order chi connectivity index (χ0) is 23.7. The Bertz CT molecular complexity index is 798. The standard InChI is InChI=1S/C24H34N2O6/c1-16(27)31-15-21(28)19(13-10-17-8-6-5-7-9-17)25-22(29)14-20(18-11-12-18)26-23(30)32-24(2,3)4/h5-9,18-20H,10-15H2,1-4H3,(H,25,29)(H,26,30)/t19-,20?/m0/s1. The van der Waals surface area contributed by atoms with Gasteiger partial charge in [-0.25, -0.2) is 4.79 Å². The molecular weight excluding hydrogens is 412 g/mol. The molecule has 0 radical (unpaired) electrons. The van der Waals surface area contributed by atoms with Crippen molar-refractivity contribution in [2.45, 2.75) is 77.5 Å². The summed E-state index contributed by atoms with van der Waals surface area (Å²) in [5, 5.41) is 5.56. The molecule has 0 aromatic heterocycles. The van der Waals surface area contributed by atoms with Crippen molar-refractivity contribution in [1.29, 1.82) is 0 Å². The number of nitrogens with one attached hydrogen (secondary N) is 2. The molecule has 32 heavy (non-hydrogen) atoms. The number of benzene rings is 1. The first-order valence-electron chi connectivity index (χ1n) is 11.0. The highest BCUT2D eigenvalue weighted by Gasteiger charge is 2.35. The molecule has 1 aliphatic rings. The molecule has 8 heteroatoms. The third kappa shape index (κ3) is 9.94. The zero-order valence-electron chi connectivity index (χ0n) is 19.3. The number of ether oxygens (including phenoxy) is 2. The highest BCUT2D eigenvalue weighted by atomic mass is 16.6. The first-order valence-corrected chi connectivity index (χ1v) is 11.0. The van der Waals surface area contributed by atoms with Crippen LogP contribution in [0, 0.1) is 5.92 Å². The van der Waals surface area contributed by atoms with E-state index in [1.54, 1.807) is 20.8 Å². The smallest absolute Gasteiger partial charge is 0.407 e. The average Bonchev–Trinajstić information content (AvgIpc) is 3.53. The van der Waals surface area contributed by atoms with Crippen molar-refractivity contribution in [1.82, 2.24) is 10.6 Å². The number of alkyl carbamates (subject to hydrolysis) is 1. The Morgan fingerprint density at radius 1 is 1.06 bits per heavy atom. The second-order valence-corrected chi connectivity index (χ2v) is 9.19. The molecule has 8 nitrogen and oxygen atoms in total. The van der Waals surface area contributed by atoms with Crippen molar-refractivity contribution >= 4 is 23.8 Å². The first kappa shape index (κ1) is 25.4. The highest BCUT2D eigenvalue weighted by molar-refractivity contribution is 5.91. The fourth-order valence-corrected chi connectivity index (χ4v) is 3.29. The number of hydrogen-bond donors (Lipinski definition) is 2. The predicted molar refractivity (Wildman–Crippen MR) is 119 cm³/mol. The summed E-state index contributed by atoms with van der Waals surface area (Å²) >= 11 is 0. The van der Waals surface area contributed by atoms with Crippen LogP contribution >= 0.6 is 0 Å². The van der Waals surface area contributed by atoms with Gasteiger partial charge in [0.2, 0.25) is 5.91 Å². The van der Waals surface area contributed by atoms with Crippen LogP contribution in [0.3, 0.4) is 0 Å². The number of aryl methyl sites for hydroxylation is 1. The lowest BCUT2D eigenvalue weighted by molar-refractivity contribution is -0.146. The maximum atomic E-state index is 12.8. The second kappa shape index (κ2) is 11.6. The van der Waals surface area contributed by atoms with E-state index < -0.39 is 30.3 Å². The fourth-order valence-electron chi connectivity index (χ4n) is 3.29. The Labute approximate surface area is 189 Å². The van der Waals surface area contributed by atoms with Gasteiger partial charge in [0.15, 0.2) is 12.4 Å². The monoisotopic (exact) mass is 446 g/mol. The molecule has 2 rings (SSSR count). The van der Waals surface area contributed by atoms with Gasteiger partial charge in [0.05, 0.1) is 6.04 Å². The van der Waals surface area contributed by atoms with Crippen molar-refractivity contribution in [3.05, 3.63) is 35.9 Å². The third-order valence-electron chi connectivity index (χ3n) is 5.00. The minimum Gasteiger partial charge on any atom is -0.458 e. The van der Waals surface area contributed by atoms with Gasteiger partial charge in [-0.3, -0.25) is 14.4 Å². The largest absolute Gasteiger partial charge is 0.458 e. The molecule has 2 atom stereocenters. The number of amides is 2. The predicted octanol–water partition coefficient (Wildman–Crippen LogP) is 2.93. The molecule has 1 fully saturated rings. The van der Waals surface area contributed by atoms with E-state index in [-0.39, 0.29) is 30.1 Å². The number of esters is 1. The number of rotatable bonds is 11. The van der Waals surface area contributed by atoms with E-state index in [1.807, 2.05) is 30.3 Å². The Morgan fingerprint density at radius 2 is 1.72 bits per heavy atom. The van der Waals surface area contributed by atoms with Gasteiger partial charge >= 0.3 is 12.1 Å². The van der Waals surface area contributed by atoms with E-state index in [0.717, 1.165) is 18.4 Å². The molecule has 0 spiro atoms. The van der Waals surface area contributed by atoms with Crippen LogP contribution < -0.4 is 10.6 Å². The summed E-state index contributed by atoms with van der Waals surface area (Å²) < 4.78 is 10.1. The van der Waals surface area contributed by atoms with Gasteiger partial charge in [0.25, 0.3) is 0 Å². The normalized spacial score (nSPS) is 15.2. The maximum absolute atomic E-state index is 12.8. The first-order chi connectivity index (χ1) is 15.0. The van der Waals surface area contributed by atoms with Gasteiger partial charge in [0.1, 0.15) is 5.60 Å². The molecule has 1 unspecified atom stereocenters.